The smallest absolute Gasteiger partial charge is 0.161 e. The summed E-state index contributed by atoms with van der Waals surface area (Å²) in [5.74, 6) is 0.219. The van der Waals surface area contributed by atoms with Crippen LogP contribution in [0.15, 0.2) is 12.1 Å². The van der Waals surface area contributed by atoms with Gasteiger partial charge in [-0.1, -0.05) is 0 Å². The zero-order valence-electron chi connectivity index (χ0n) is 8.00. The Morgan fingerprint density at radius 2 is 2.21 bits per heavy atom. The van der Waals surface area contributed by atoms with Crippen molar-refractivity contribution in [3.63, 3.8) is 0 Å². The summed E-state index contributed by atoms with van der Waals surface area (Å²) in [6.45, 7) is 1.40. The van der Waals surface area contributed by atoms with Gasteiger partial charge in [0.05, 0.1) is 12.7 Å². The van der Waals surface area contributed by atoms with Crippen molar-refractivity contribution in [1.29, 1.82) is 5.26 Å². The fourth-order valence-electron chi connectivity index (χ4n) is 1.16. The number of methoxy groups -OCH3 is 1. The molecule has 0 spiro atoms. The maximum Gasteiger partial charge on any atom is 0.161 e. The van der Waals surface area contributed by atoms with Crippen LogP contribution in [0.5, 0.6) is 5.75 Å². The van der Waals surface area contributed by atoms with Crippen molar-refractivity contribution in [2.75, 3.05) is 12.8 Å². The van der Waals surface area contributed by atoms with Crippen LogP contribution in [0.2, 0.25) is 0 Å². The van der Waals surface area contributed by atoms with Crippen molar-refractivity contribution in [2.45, 2.75) is 6.92 Å². The minimum atomic E-state index is -0.165. The third-order valence-corrected chi connectivity index (χ3v) is 1.87. The summed E-state index contributed by atoms with van der Waals surface area (Å²) >= 11 is 0. The van der Waals surface area contributed by atoms with Gasteiger partial charge in [-0.25, -0.2) is 0 Å². The zero-order valence-corrected chi connectivity index (χ0v) is 8.00. The molecule has 0 atom stereocenters. The second kappa shape index (κ2) is 3.79. The highest BCUT2D eigenvalue weighted by Gasteiger charge is 2.10. The Labute approximate surface area is 81.9 Å². The first-order valence-electron chi connectivity index (χ1n) is 3.98. The predicted octanol–water partition coefficient (Wildman–Crippen LogP) is 1.35. The lowest BCUT2D eigenvalue weighted by atomic mass is 10.1. The van der Waals surface area contributed by atoms with E-state index in [1.54, 1.807) is 0 Å². The van der Waals surface area contributed by atoms with Gasteiger partial charge in [0, 0.05) is 17.3 Å². The summed E-state index contributed by atoms with van der Waals surface area (Å²) in [4.78, 5) is 11.1. The van der Waals surface area contributed by atoms with Gasteiger partial charge in [-0.3, -0.25) is 4.79 Å². The number of nitrogens with zero attached hydrogens (tertiary/aromatic N) is 1. The first-order valence-corrected chi connectivity index (χ1v) is 3.98. The van der Waals surface area contributed by atoms with Gasteiger partial charge in [0.2, 0.25) is 0 Å². The van der Waals surface area contributed by atoms with Crippen LogP contribution in [0.4, 0.5) is 5.69 Å². The Bertz CT molecular complexity index is 419. The Hall–Kier alpha value is -2.02. The lowest BCUT2D eigenvalue weighted by molar-refractivity contribution is 0.101. The highest BCUT2D eigenvalue weighted by molar-refractivity contribution is 5.99. The molecule has 1 rings (SSSR count). The second-order valence-electron chi connectivity index (χ2n) is 2.81. The van der Waals surface area contributed by atoms with Crippen molar-refractivity contribution in [3.05, 3.63) is 23.3 Å². The van der Waals surface area contributed by atoms with Crippen LogP contribution in [-0.4, -0.2) is 12.9 Å². The Balaban J connectivity index is 3.40. The summed E-state index contributed by atoms with van der Waals surface area (Å²) in [7, 11) is 1.45. The van der Waals surface area contributed by atoms with Gasteiger partial charge in [0.1, 0.15) is 11.8 Å². The number of nitrogen functional groups attached to an aromatic ring is 1. The van der Waals surface area contributed by atoms with Gasteiger partial charge in [0.25, 0.3) is 0 Å². The molecule has 72 valence electrons. The number of ketones is 1. The molecule has 1 aromatic rings. The van der Waals surface area contributed by atoms with Crippen LogP contribution < -0.4 is 10.5 Å². The molecule has 0 heterocycles. The number of anilines is 1. The van der Waals surface area contributed by atoms with E-state index < -0.39 is 0 Å². The third kappa shape index (κ3) is 1.67. The Kier molecular flexibility index (Phi) is 2.73. The van der Waals surface area contributed by atoms with Crippen molar-refractivity contribution < 1.29 is 9.53 Å². The molecule has 14 heavy (non-hydrogen) atoms. The SMILES string of the molecule is COc1cc(N)c(C(C)=O)cc1C#N. The van der Waals surface area contributed by atoms with Gasteiger partial charge < -0.3 is 10.5 Å². The van der Waals surface area contributed by atoms with Crippen LogP contribution in [0, 0.1) is 11.3 Å². The van der Waals surface area contributed by atoms with E-state index in [0.29, 0.717) is 22.6 Å². The van der Waals surface area contributed by atoms with Crippen LogP contribution in [0.3, 0.4) is 0 Å². The summed E-state index contributed by atoms with van der Waals surface area (Å²) < 4.78 is 4.94. The molecule has 4 heteroatoms. The van der Waals surface area contributed by atoms with E-state index in [1.165, 1.54) is 26.2 Å². The number of ether oxygens (including phenoxy) is 1. The highest BCUT2D eigenvalue weighted by Crippen LogP contribution is 2.24. The molecule has 0 aromatic heterocycles. The number of nitrogens with two attached hydrogens (primary N) is 1. The molecule has 0 aliphatic carbocycles. The van der Waals surface area contributed by atoms with Crippen LogP contribution in [0.25, 0.3) is 0 Å². The molecule has 0 amide bonds. The molecule has 0 unspecified atom stereocenters. The lowest BCUT2D eigenvalue weighted by Gasteiger charge is -2.06. The molecular formula is C10H10N2O2. The monoisotopic (exact) mass is 190 g/mol. The number of nitriles is 1. The van der Waals surface area contributed by atoms with Crippen molar-refractivity contribution >= 4 is 11.5 Å². The first-order chi connectivity index (χ1) is 6.60. The van der Waals surface area contributed by atoms with Gasteiger partial charge in [0.15, 0.2) is 5.78 Å². The van der Waals surface area contributed by atoms with E-state index in [0.717, 1.165) is 0 Å². The van der Waals surface area contributed by atoms with E-state index in [9.17, 15) is 4.79 Å². The molecule has 2 N–H and O–H groups in total. The van der Waals surface area contributed by atoms with Crippen molar-refractivity contribution in [1.82, 2.24) is 0 Å². The third-order valence-electron chi connectivity index (χ3n) is 1.87. The Morgan fingerprint density at radius 3 is 2.64 bits per heavy atom. The number of carbonyl (C=O) groups excluding carboxylic acids is 1. The minimum absolute atomic E-state index is 0.165. The maximum absolute atomic E-state index is 11.1. The highest BCUT2D eigenvalue weighted by atomic mass is 16.5. The van der Waals surface area contributed by atoms with E-state index in [1.807, 2.05) is 6.07 Å². The van der Waals surface area contributed by atoms with Crippen molar-refractivity contribution in [2.24, 2.45) is 0 Å². The van der Waals surface area contributed by atoms with Gasteiger partial charge in [-0.15, -0.1) is 0 Å². The molecular weight excluding hydrogens is 180 g/mol. The molecule has 1 aromatic carbocycles. The standard InChI is InChI=1S/C10H10N2O2/c1-6(13)8-3-7(5-11)10(14-2)4-9(8)12/h3-4H,12H2,1-2H3. The average molecular weight is 190 g/mol. The van der Waals surface area contributed by atoms with Crippen LogP contribution >= 0.6 is 0 Å². The van der Waals surface area contributed by atoms with E-state index in [2.05, 4.69) is 0 Å². The van der Waals surface area contributed by atoms with Gasteiger partial charge >= 0.3 is 0 Å². The molecule has 0 bridgehead atoms. The number of hydrogen-bond acceptors (Lipinski definition) is 4. The van der Waals surface area contributed by atoms with E-state index in [4.69, 9.17) is 15.7 Å². The molecule has 0 radical (unpaired) electrons. The number of Topliss-reactive ketones (excluding diaryl/α,β-unsaturated/α-hetero) is 1. The van der Waals surface area contributed by atoms with Crippen LogP contribution in [0.1, 0.15) is 22.8 Å². The summed E-state index contributed by atoms with van der Waals surface area (Å²) in [6.07, 6.45) is 0. The van der Waals surface area contributed by atoms with Gasteiger partial charge in [-0.2, -0.15) is 5.26 Å². The largest absolute Gasteiger partial charge is 0.495 e. The number of benzene rings is 1. The summed E-state index contributed by atoms with van der Waals surface area (Å²) in [6, 6.07) is 4.86. The minimum Gasteiger partial charge on any atom is -0.495 e. The normalized spacial score (nSPS) is 9.21. The summed E-state index contributed by atoms with van der Waals surface area (Å²) in [5.41, 5.74) is 6.60. The second-order valence-corrected chi connectivity index (χ2v) is 2.81. The molecule has 0 saturated carbocycles. The van der Waals surface area contributed by atoms with Crippen molar-refractivity contribution in [3.8, 4) is 11.8 Å². The van der Waals surface area contributed by atoms with E-state index >= 15 is 0 Å². The quantitative estimate of drug-likeness (QED) is 0.564. The molecule has 0 aliphatic heterocycles. The topological polar surface area (TPSA) is 76.1 Å². The number of hydrogen-bond donors (Lipinski definition) is 1. The fourth-order valence-corrected chi connectivity index (χ4v) is 1.16. The fraction of sp³-hybridized carbons (Fsp3) is 0.200. The molecule has 0 aliphatic rings. The van der Waals surface area contributed by atoms with Gasteiger partial charge in [-0.05, 0) is 13.0 Å². The van der Waals surface area contributed by atoms with E-state index in [-0.39, 0.29) is 5.78 Å². The summed E-state index contributed by atoms with van der Waals surface area (Å²) in [5, 5.41) is 8.76. The first kappa shape index (κ1) is 10.1. The molecule has 0 saturated heterocycles. The lowest BCUT2D eigenvalue weighted by Crippen LogP contribution is -2.01. The maximum atomic E-state index is 11.1. The average Bonchev–Trinajstić information content (AvgIpc) is 2.16. The molecule has 4 nitrogen and oxygen atoms in total. The Morgan fingerprint density at radius 1 is 1.57 bits per heavy atom. The van der Waals surface area contributed by atoms with Crippen LogP contribution in [-0.2, 0) is 0 Å². The zero-order chi connectivity index (χ0) is 10.7. The predicted molar refractivity (Wildman–Crippen MR) is 52.1 cm³/mol. The number of rotatable bonds is 2. The number of carbonyl (C=O) groups is 1. The molecule has 0 fully saturated rings.